The highest BCUT2D eigenvalue weighted by atomic mass is 16.5. The van der Waals surface area contributed by atoms with Gasteiger partial charge in [0.2, 0.25) is 5.91 Å². The van der Waals surface area contributed by atoms with E-state index >= 15 is 0 Å². The number of ether oxygens (including phenoxy) is 1. The van der Waals surface area contributed by atoms with Crippen molar-refractivity contribution in [3.8, 4) is 0 Å². The largest absolute Gasteiger partial charge is 0.370 e. The molecule has 1 rings (SSSR count). The second kappa shape index (κ2) is 7.63. The van der Waals surface area contributed by atoms with Gasteiger partial charge in [-0.2, -0.15) is 0 Å². The fourth-order valence-corrected chi connectivity index (χ4v) is 2.38. The molecule has 0 radical (unpaired) electrons. The number of hydrogen-bond acceptors (Lipinski definition) is 3. The molecule has 1 saturated carbocycles. The standard InChI is InChI=1S/C12H24N2O2/c1-2-10-5-3-4-6-11(10)14-12(15)9-16-8-7-13/h10-11H,2-9,13H2,1H3,(H,14,15). The Labute approximate surface area is 97.9 Å². The zero-order valence-electron chi connectivity index (χ0n) is 10.2. The van der Waals surface area contributed by atoms with Gasteiger partial charge in [0.25, 0.3) is 0 Å². The lowest BCUT2D eigenvalue weighted by atomic mass is 9.83. The van der Waals surface area contributed by atoms with E-state index in [0.29, 0.717) is 25.1 Å². The third kappa shape index (κ3) is 4.49. The predicted octanol–water partition coefficient (Wildman–Crippen LogP) is 1.05. The van der Waals surface area contributed by atoms with Crippen molar-refractivity contribution in [1.29, 1.82) is 0 Å². The van der Waals surface area contributed by atoms with Gasteiger partial charge in [-0.05, 0) is 18.8 Å². The first-order valence-corrected chi connectivity index (χ1v) is 6.35. The molecule has 0 saturated heterocycles. The monoisotopic (exact) mass is 228 g/mol. The summed E-state index contributed by atoms with van der Waals surface area (Å²) in [4.78, 5) is 11.6. The van der Waals surface area contributed by atoms with Crippen LogP contribution in [0, 0.1) is 5.92 Å². The summed E-state index contributed by atoms with van der Waals surface area (Å²) in [5.41, 5.74) is 5.29. The van der Waals surface area contributed by atoms with Gasteiger partial charge in [0.05, 0.1) is 6.61 Å². The van der Waals surface area contributed by atoms with Gasteiger partial charge >= 0.3 is 0 Å². The third-order valence-electron chi connectivity index (χ3n) is 3.28. The molecule has 0 heterocycles. The molecule has 1 aliphatic rings. The lowest BCUT2D eigenvalue weighted by molar-refractivity contribution is -0.126. The number of carbonyl (C=O) groups excluding carboxylic acids is 1. The Kier molecular flexibility index (Phi) is 6.42. The van der Waals surface area contributed by atoms with E-state index in [-0.39, 0.29) is 12.5 Å². The molecule has 16 heavy (non-hydrogen) atoms. The van der Waals surface area contributed by atoms with Crippen LogP contribution >= 0.6 is 0 Å². The molecule has 0 aliphatic heterocycles. The summed E-state index contributed by atoms with van der Waals surface area (Å²) in [5.74, 6) is 0.644. The molecular formula is C12H24N2O2. The summed E-state index contributed by atoms with van der Waals surface area (Å²) >= 11 is 0. The smallest absolute Gasteiger partial charge is 0.246 e. The van der Waals surface area contributed by atoms with E-state index in [2.05, 4.69) is 12.2 Å². The predicted molar refractivity (Wildman–Crippen MR) is 64.1 cm³/mol. The van der Waals surface area contributed by atoms with Crippen LogP contribution in [0.4, 0.5) is 0 Å². The number of nitrogens with two attached hydrogens (primary N) is 1. The maximum absolute atomic E-state index is 11.6. The SMILES string of the molecule is CCC1CCCCC1NC(=O)COCCN. The zero-order chi connectivity index (χ0) is 11.8. The molecule has 0 spiro atoms. The van der Waals surface area contributed by atoms with Gasteiger partial charge in [0.15, 0.2) is 0 Å². The normalized spacial score (nSPS) is 25.4. The number of carbonyl (C=O) groups is 1. The summed E-state index contributed by atoms with van der Waals surface area (Å²) in [6.07, 6.45) is 6.03. The van der Waals surface area contributed by atoms with E-state index < -0.39 is 0 Å². The minimum atomic E-state index is -0.00111. The molecule has 1 amide bonds. The summed E-state index contributed by atoms with van der Waals surface area (Å²) in [6.45, 7) is 3.26. The molecule has 4 nitrogen and oxygen atoms in total. The summed E-state index contributed by atoms with van der Waals surface area (Å²) in [5, 5.41) is 3.07. The average molecular weight is 228 g/mol. The van der Waals surface area contributed by atoms with Gasteiger partial charge in [-0.25, -0.2) is 0 Å². The van der Waals surface area contributed by atoms with Crippen molar-refractivity contribution in [3.63, 3.8) is 0 Å². The van der Waals surface area contributed by atoms with Crippen LogP contribution in [0.15, 0.2) is 0 Å². The van der Waals surface area contributed by atoms with Crippen LogP contribution in [0.5, 0.6) is 0 Å². The van der Waals surface area contributed by atoms with E-state index in [1.54, 1.807) is 0 Å². The minimum absolute atomic E-state index is 0.00111. The van der Waals surface area contributed by atoms with Gasteiger partial charge in [0, 0.05) is 12.6 Å². The summed E-state index contributed by atoms with van der Waals surface area (Å²) in [7, 11) is 0. The molecule has 0 bridgehead atoms. The van der Waals surface area contributed by atoms with Crippen molar-refractivity contribution in [2.45, 2.75) is 45.1 Å². The Balaban J connectivity index is 2.25. The Morgan fingerprint density at radius 2 is 2.19 bits per heavy atom. The quantitative estimate of drug-likeness (QED) is 0.668. The van der Waals surface area contributed by atoms with Crippen molar-refractivity contribution in [3.05, 3.63) is 0 Å². The van der Waals surface area contributed by atoms with Crippen molar-refractivity contribution < 1.29 is 9.53 Å². The molecule has 94 valence electrons. The second-order valence-corrected chi connectivity index (χ2v) is 4.47. The number of hydrogen-bond donors (Lipinski definition) is 2. The van der Waals surface area contributed by atoms with Crippen LogP contribution in [0.25, 0.3) is 0 Å². The van der Waals surface area contributed by atoms with Gasteiger partial charge in [0.1, 0.15) is 6.61 Å². The van der Waals surface area contributed by atoms with Crippen molar-refractivity contribution in [2.24, 2.45) is 11.7 Å². The highest BCUT2D eigenvalue weighted by Crippen LogP contribution is 2.26. The van der Waals surface area contributed by atoms with Crippen LogP contribution in [0.1, 0.15) is 39.0 Å². The van der Waals surface area contributed by atoms with Crippen LogP contribution in [0.3, 0.4) is 0 Å². The first-order chi connectivity index (χ1) is 7.77. The molecule has 0 aromatic heterocycles. The maximum atomic E-state index is 11.6. The summed E-state index contributed by atoms with van der Waals surface area (Å²) in [6, 6.07) is 0.354. The van der Waals surface area contributed by atoms with E-state index in [0.717, 1.165) is 12.8 Å². The van der Waals surface area contributed by atoms with Crippen LogP contribution < -0.4 is 11.1 Å². The molecule has 3 N–H and O–H groups in total. The molecule has 0 aromatic carbocycles. The van der Waals surface area contributed by atoms with Gasteiger partial charge < -0.3 is 15.8 Å². The fourth-order valence-electron chi connectivity index (χ4n) is 2.38. The van der Waals surface area contributed by atoms with Gasteiger partial charge in [-0.1, -0.05) is 26.2 Å². The lowest BCUT2D eigenvalue weighted by Crippen LogP contribution is -2.43. The molecular weight excluding hydrogens is 204 g/mol. The Morgan fingerprint density at radius 1 is 1.44 bits per heavy atom. The Bertz CT molecular complexity index is 209. The summed E-state index contributed by atoms with van der Waals surface area (Å²) < 4.78 is 5.12. The van der Waals surface area contributed by atoms with E-state index in [4.69, 9.17) is 10.5 Å². The zero-order valence-corrected chi connectivity index (χ0v) is 10.2. The van der Waals surface area contributed by atoms with Crippen molar-refractivity contribution in [1.82, 2.24) is 5.32 Å². The average Bonchev–Trinajstić information content (AvgIpc) is 2.30. The topological polar surface area (TPSA) is 64.3 Å². The molecule has 1 aliphatic carbocycles. The molecule has 0 aromatic rings. The van der Waals surface area contributed by atoms with Crippen molar-refractivity contribution in [2.75, 3.05) is 19.8 Å². The minimum Gasteiger partial charge on any atom is -0.370 e. The number of nitrogens with one attached hydrogen (secondary N) is 1. The fraction of sp³-hybridized carbons (Fsp3) is 0.917. The van der Waals surface area contributed by atoms with Crippen LogP contribution in [0.2, 0.25) is 0 Å². The second-order valence-electron chi connectivity index (χ2n) is 4.47. The molecule has 2 atom stereocenters. The number of amides is 1. The number of rotatable bonds is 6. The first kappa shape index (κ1) is 13.5. The van der Waals surface area contributed by atoms with Gasteiger partial charge in [-0.3, -0.25) is 4.79 Å². The Hall–Kier alpha value is -0.610. The van der Waals surface area contributed by atoms with E-state index in [1.807, 2.05) is 0 Å². The van der Waals surface area contributed by atoms with E-state index in [1.165, 1.54) is 19.3 Å². The molecule has 2 unspecified atom stereocenters. The third-order valence-corrected chi connectivity index (χ3v) is 3.28. The highest BCUT2D eigenvalue weighted by Gasteiger charge is 2.24. The molecule has 4 heteroatoms. The molecule has 1 fully saturated rings. The van der Waals surface area contributed by atoms with E-state index in [9.17, 15) is 4.79 Å². The van der Waals surface area contributed by atoms with Crippen LogP contribution in [-0.4, -0.2) is 31.7 Å². The lowest BCUT2D eigenvalue weighted by Gasteiger charge is -2.31. The Morgan fingerprint density at radius 3 is 2.88 bits per heavy atom. The van der Waals surface area contributed by atoms with Gasteiger partial charge in [-0.15, -0.1) is 0 Å². The maximum Gasteiger partial charge on any atom is 0.246 e. The van der Waals surface area contributed by atoms with Crippen molar-refractivity contribution >= 4 is 5.91 Å². The van der Waals surface area contributed by atoms with Crippen LogP contribution in [-0.2, 0) is 9.53 Å². The highest BCUT2D eigenvalue weighted by molar-refractivity contribution is 5.77. The first-order valence-electron chi connectivity index (χ1n) is 6.35.